The van der Waals surface area contributed by atoms with Crippen LogP contribution in [0.4, 0.5) is 0 Å². The van der Waals surface area contributed by atoms with Crippen molar-refractivity contribution in [3.8, 4) is 0 Å². The maximum atomic E-state index is 5.16. The summed E-state index contributed by atoms with van der Waals surface area (Å²) in [6.07, 6.45) is 1.44. The van der Waals surface area contributed by atoms with E-state index in [1.54, 1.807) is 7.11 Å². The van der Waals surface area contributed by atoms with Gasteiger partial charge in [-0.25, -0.2) is 0 Å². The van der Waals surface area contributed by atoms with Crippen molar-refractivity contribution in [3.05, 3.63) is 0 Å². The van der Waals surface area contributed by atoms with Crippen LogP contribution in [0, 0.1) is 5.92 Å². The number of amidine groups is 1. The van der Waals surface area contributed by atoms with Gasteiger partial charge in [0.2, 0.25) is 0 Å². The number of nitrogens with one attached hydrogen (secondary N) is 1. The molecule has 15 heavy (non-hydrogen) atoms. The van der Waals surface area contributed by atoms with E-state index in [1.807, 2.05) is 18.7 Å². The number of aliphatic imine (C=N–C) groups is 1. The number of methoxy groups -OCH3 is 1. The molecule has 0 aromatic carbocycles. The standard InChI is InChI=1S/C11H22N2OS/c1-8(2)5-10-7-15-11(13-10)12-6-9(3)14-4/h8-10H,5-7H2,1-4H3,(H,12,13). The van der Waals surface area contributed by atoms with Crippen LogP contribution in [0.5, 0.6) is 0 Å². The number of ether oxygens (including phenoxy) is 1. The minimum absolute atomic E-state index is 0.212. The van der Waals surface area contributed by atoms with E-state index >= 15 is 0 Å². The molecule has 1 aliphatic rings. The summed E-state index contributed by atoms with van der Waals surface area (Å²) in [5.41, 5.74) is 0. The van der Waals surface area contributed by atoms with E-state index in [1.165, 1.54) is 6.42 Å². The second kappa shape index (κ2) is 6.38. The molecule has 2 unspecified atom stereocenters. The van der Waals surface area contributed by atoms with Crippen LogP contribution in [0.2, 0.25) is 0 Å². The molecular weight excluding hydrogens is 208 g/mol. The molecule has 0 amide bonds. The summed E-state index contributed by atoms with van der Waals surface area (Å²) < 4.78 is 5.16. The fourth-order valence-electron chi connectivity index (χ4n) is 1.51. The monoisotopic (exact) mass is 230 g/mol. The molecule has 1 saturated heterocycles. The van der Waals surface area contributed by atoms with Crippen LogP contribution in [0.1, 0.15) is 27.2 Å². The predicted octanol–water partition coefficient (Wildman–Crippen LogP) is 2.13. The number of rotatable bonds is 5. The Morgan fingerprint density at radius 2 is 2.27 bits per heavy atom. The lowest BCUT2D eigenvalue weighted by atomic mass is 10.1. The zero-order valence-electron chi connectivity index (χ0n) is 10.1. The summed E-state index contributed by atoms with van der Waals surface area (Å²) in [5.74, 6) is 1.90. The molecule has 2 atom stereocenters. The van der Waals surface area contributed by atoms with Crippen molar-refractivity contribution in [2.45, 2.75) is 39.3 Å². The Labute approximate surface area is 97.1 Å². The first-order valence-electron chi connectivity index (χ1n) is 5.58. The van der Waals surface area contributed by atoms with E-state index in [0.717, 1.165) is 23.4 Å². The highest BCUT2D eigenvalue weighted by Crippen LogP contribution is 2.18. The third kappa shape index (κ3) is 4.89. The van der Waals surface area contributed by atoms with Crippen LogP contribution in [-0.4, -0.2) is 36.7 Å². The highest BCUT2D eigenvalue weighted by atomic mass is 32.2. The van der Waals surface area contributed by atoms with Gasteiger partial charge >= 0.3 is 0 Å². The molecular formula is C11H22N2OS. The first-order valence-corrected chi connectivity index (χ1v) is 6.57. The van der Waals surface area contributed by atoms with Crippen LogP contribution >= 0.6 is 11.8 Å². The van der Waals surface area contributed by atoms with Gasteiger partial charge in [-0.1, -0.05) is 25.6 Å². The second-order valence-electron chi connectivity index (χ2n) is 4.47. The van der Waals surface area contributed by atoms with Gasteiger partial charge in [0.25, 0.3) is 0 Å². The van der Waals surface area contributed by atoms with Crippen LogP contribution < -0.4 is 5.32 Å². The third-order valence-corrected chi connectivity index (χ3v) is 3.49. The van der Waals surface area contributed by atoms with E-state index in [2.05, 4.69) is 24.2 Å². The van der Waals surface area contributed by atoms with E-state index in [-0.39, 0.29) is 6.10 Å². The van der Waals surface area contributed by atoms with Crippen molar-refractivity contribution in [2.75, 3.05) is 19.4 Å². The van der Waals surface area contributed by atoms with Gasteiger partial charge in [-0.15, -0.1) is 0 Å². The first kappa shape index (κ1) is 12.8. The Bertz CT molecular complexity index is 219. The molecule has 4 heteroatoms. The lowest BCUT2D eigenvalue weighted by molar-refractivity contribution is 0.125. The molecule has 1 aliphatic heterocycles. The van der Waals surface area contributed by atoms with Gasteiger partial charge in [0.1, 0.15) is 0 Å². The molecule has 3 nitrogen and oxygen atoms in total. The number of hydrogen-bond donors (Lipinski definition) is 1. The van der Waals surface area contributed by atoms with Gasteiger partial charge in [-0.3, -0.25) is 4.99 Å². The van der Waals surface area contributed by atoms with Crippen LogP contribution in [0.3, 0.4) is 0 Å². The van der Waals surface area contributed by atoms with Gasteiger partial charge in [0.15, 0.2) is 5.17 Å². The van der Waals surface area contributed by atoms with Crippen molar-refractivity contribution in [2.24, 2.45) is 10.9 Å². The molecule has 1 rings (SSSR count). The van der Waals surface area contributed by atoms with Crippen molar-refractivity contribution in [1.82, 2.24) is 5.32 Å². The number of nitrogens with zero attached hydrogens (tertiary/aromatic N) is 1. The Hall–Kier alpha value is -0.220. The summed E-state index contributed by atoms with van der Waals surface area (Å²) in [4.78, 5) is 4.49. The molecule has 0 aromatic heterocycles. The third-order valence-electron chi connectivity index (χ3n) is 2.40. The molecule has 0 saturated carbocycles. The van der Waals surface area contributed by atoms with Gasteiger partial charge in [-0.2, -0.15) is 0 Å². The minimum atomic E-state index is 0.212. The average molecular weight is 230 g/mol. The molecule has 1 N–H and O–H groups in total. The topological polar surface area (TPSA) is 33.6 Å². The fraction of sp³-hybridized carbons (Fsp3) is 0.909. The highest BCUT2D eigenvalue weighted by molar-refractivity contribution is 8.14. The Morgan fingerprint density at radius 1 is 1.53 bits per heavy atom. The zero-order valence-corrected chi connectivity index (χ0v) is 10.9. The number of hydrogen-bond acceptors (Lipinski definition) is 3. The smallest absolute Gasteiger partial charge is 0.156 e. The van der Waals surface area contributed by atoms with E-state index in [0.29, 0.717) is 6.04 Å². The van der Waals surface area contributed by atoms with Gasteiger partial charge < -0.3 is 10.1 Å². The lowest BCUT2D eigenvalue weighted by Crippen LogP contribution is -2.28. The maximum Gasteiger partial charge on any atom is 0.156 e. The van der Waals surface area contributed by atoms with E-state index in [9.17, 15) is 0 Å². The Kier molecular flexibility index (Phi) is 5.47. The maximum absolute atomic E-state index is 5.16. The summed E-state index contributed by atoms with van der Waals surface area (Å²) in [5, 5.41) is 4.55. The van der Waals surface area contributed by atoms with Gasteiger partial charge in [0.05, 0.1) is 12.6 Å². The van der Waals surface area contributed by atoms with Crippen molar-refractivity contribution < 1.29 is 4.74 Å². The molecule has 0 radical (unpaired) electrons. The largest absolute Gasteiger partial charge is 0.380 e. The van der Waals surface area contributed by atoms with E-state index in [4.69, 9.17) is 4.74 Å². The van der Waals surface area contributed by atoms with Gasteiger partial charge in [-0.05, 0) is 19.3 Å². The number of thioether (sulfide) groups is 1. The second-order valence-corrected chi connectivity index (χ2v) is 5.48. The zero-order chi connectivity index (χ0) is 11.3. The van der Waals surface area contributed by atoms with Crippen molar-refractivity contribution >= 4 is 16.9 Å². The molecule has 88 valence electrons. The van der Waals surface area contributed by atoms with Crippen LogP contribution in [0.15, 0.2) is 4.99 Å². The summed E-state index contributed by atoms with van der Waals surface area (Å²) in [6.45, 7) is 7.30. The predicted molar refractivity (Wildman–Crippen MR) is 67.6 cm³/mol. The normalized spacial score (nSPS) is 25.9. The quantitative estimate of drug-likeness (QED) is 0.785. The fourth-order valence-corrected chi connectivity index (χ4v) is 2.51. The minimum Gasteiger partial charge on any atom is -0.380 e. The first-order chi connectivity index (χ1) is 7.11. The molecule has 1 fully saturated rings. The summed E-state index contributed by atoms with van der Waals surface area (Å²) >= 11 is 1.83. The van der Waals surface area contributed by atoms with Crippen LogP contribution in [-0.2, 0) is 4.74 Å². The van der Waals surface area contributed by atoms with Crippen LogP contribution in [0.25, 0.3) is 0 Å². The Balaban J connectivity index is 2.29. The summed E-state index contributed by atoms with van der Waals surface area (Å²) in [6, 6.07) is 0.603. The van der Waals surface area contributed by atoms with Gasteiger partial charge in [0, 0.05) is 18.9 Å². The molecule has 0 aliphatic carbocycles. The van der Waals surface area contributed by atoms with E-state index < -0.39 is 0 Å². The molecule has 0 bridgehead atoms. The molecule has 0 aromatic rings. The summed E-state index contributed by atoms with van der Waals surface area (Å²) in [7, 11) is 1.72. The average Bonchev–Trinajstić information content (AvgIpc) is 2.61. The molecule has 1 heterocycles. The Morgan fingerprint density at radius 3 is 2.87 bits per heavy atom. The SMILES string of the molecule is COC(C)CN=C1NC(CC(C)C)CS1. The van der Waals surface area contributed by atoms with Crippen molar-refractivity contribution in [1.29, 1.82) is 0 Å². The highest BCUT2D eigenvalue weighted by Gasteiger charge is 2.20. The van der Waals surface area contributed by atoms with Crippen molar-refractivity contribution in [3.63, 3.8) is 0 Å². The molecule has 0 spiro atoms. The lowest BCUT2D eigenvalue weighted by Gasteiger charge is -2.12.